The summed E-state index contributed by atoms with van der Waals surface area (Å²) in [6.45, 7) is 9.43. The zero-order valence-corrected chi connectivity index (χ0v) is 18.8. The average molecular weight is 442 g/mol. The second kappa shape index (κ2) is 9.90. The van der Waals surface area contributed by atoms with Crippen LogP contribution in [0.1, 0.15) is 36.8 Å². The lowest BCUT2D eigenvalue weighted by atomic mass is 10.1. The number of nitrogens with zero attached hydrogens (tertiary/aromatic N) is 2. The van der Waals surface area contributed by atoms with Gasteiger partial charge in [-0.3, -0.25) is 9.69 Å². The van der Waals surface area contributed by atoms with Gasteiger partial charge in [-0.25, -0.2) is 0 Å². The molecule has 0 atom stereocenters. The van der Waals surface area contributed by atoms with Gasteiger partial charge in [-0.2, -0.15) is 0 Å². The van der Waals surface area contributed by atoms with Gasteiger partial charge in [-0.05, 0) is 55.9 Å². The van der Waals surface area contributed by atoms with Gasteiger partial charge >= 0.3 is 0 Å². The van der Waals surface area contributed by atoms with Crippen LogP contribution in [0.4, 0.5) is 0 Å². The van der Waals surface area contributed by atoms with E-state index in [-0.39, 0.29) is 22.4 Å². The molecule has 0 spiro atoms. The van der Waals surface area contributed by atoms with Gasteiger partial charge in [0, 0.05) is 30.4 Å². The summed E-state index contributed by atoms with van der Waals surface area (Å²) >= 11 is 6.10. The van der Waals surface area contributed by atoms with Crippen molar-refractivity contribution in [2.24, 2.45) is 0 Å². The van der Waals surface area contributed by atoms with E-state index in [1.165, 1.54) is 17.7 Å². The van der Waals surface area contributed by atoms with E-state index < -0.39 is 0 Å². The molecule has 0 saturated carbocycles. The first kappa shape index (κ1) is 22.7. The molecule has 0 fully saturated rings. The average Bonchev–Trinajstić information content (AvgIpc) is 3.20. The van der Waals surface area contributed by atoms with Crippen LogP contribution < -0.4 is 5.32 Å². The van der Waals surface area contributed by atoms with Crippen LogP contribution in [0.15, 0.2) is 48.5 Å². The number of hydrogen-bond donors (Lipinski definition) is 3. The van der Waals surface area contributed by atoms with Gasteiger partial charge in [-0.15, -0.1) is 0 Å². The Balaban J connectivity index is 2.10. The Morgan fingerprint density at radius 3 is 2.29 bits per heavy atom. The molecule has 3 rings (SSSR count). The minimum Gasteiger partial charge on any atom is -0.507 e. The molecule has 31 heavy (non-hydrogen) atoms. The van der Waals surface area contributed by atoms with Crippen LogP contribution in [0, 0.1) is 0 Å². The number of aromatic nitrogens is 1. The summed E-state index contributed by atoms with van der Waals surface area (Å²) in [4.78, 5) is 15.0. The van der Waals surface area contributed by atoms with Crippen LogP contribution in [0.2, 0.25) is 5.02 Å². The van der Waals surface area contributed by atoms with Crippen molar-refractivity contribution < 1.29 is 15.0 Å². The number of amides is 1. The highest BCUT2D eigenvalue weighted by Gasteiger charge is 2.20. The van der Waals surface area contributed by atoms with Crippen LogP contribution >= 0.6 is 11.6 Å². The molecule has 164 valence electrons. The first-order valence-electron chi connectivity index (χ1n) is 10.4. The van der Waals surface area contributed by atoms with E-state index in [2.05, 4.69) is 24.1 Å². The molecule has 0 saturated heterocycles. The van der Waals surface area contributed by atoms with Crippen molar-refractivity contribution in [3.05, 3.63) is 64.8 Å². The maximum atomic E-state index is 12.7. The molecule has 0 aliphatic heterocycles. The summed E-state index contributed by atoms with van der Waals surface area (Å²) in [6.07, 6.45) is 0. The number of nitrogens with one attached hydrogen (secondary N) is 1. The fourth-order valence-corrected chi connectivity index (χ4v) is 3.73. The van der Waals surface area contributed by atoms with Gasteiger partial charge in [0.2, 0.25) is 0 Å². The lowest BCUT2D eigenvalue weighted by Gasteiger charge is -2.19. The second-order valence-electron chi connectivity index (χ2n) is 7.25. The summed E-state index contributed by atoms with van der Waals surface area (Å²) in [5, 5.41) is 23.2. The number of phenolic OH excluding ortho intramolecular Hbond substituents is 2. The first-order chi connectivity index (χ1) is 14.9. The molecular formula is C24H28ClN3O3. The van der Waals surface area contributed by atoms with Gasteiger partial charge in [0.25, 0.3) is 5.91 Å². The zero-order chi connectivity index (χ0) is 22.5. The van der Waals surface area contributed by atoms with Crippen molar-refractivity contribution in [2.45, 2.75) is 27.3 Å². The molecule has 7 heteroatoms. The summed E-state index contributed by atoms with van der Waals surface area (Å²) in [5.41, 5.74) is 3.42. The Bertz CT molecular complexity index is 1060. The lowest BCUT2D eigenvalue weighted by molar-refractivity contribution is 0.0949. The van der Waals surface area contributed by atoms with Gasteiger partial charge in [0.05, 0.1) is 10.7 Å². The standard InChI is InChI=1S/C24H28ClN3O3/c1-4-26-24(31)21-12-11-20(18-13-19(25)23(30)14-22(18)29)28(21)17-9-7-16(8-10-17)15-27(5-2)6-3/h7-14,29-30H,4-6,15H2,1-3H3,(H,26,31). The first-order valence-corrected chi connectivity index (χ1v) is 10.8. The predicted octanol–water partition coefficient (Wildman–Crippen LogP) is 4.80. The Morgan fingerprint density at radius 1 is 1.00 bits per heavy atom. The van der Waals surface area contributed by atoms with Gasteiger partial charge in [-0.1, -0.05) is 37.6 Å². The number of rotatable bonds is 8. The van der Waals surface area contributed by atoms with Crippen LogP contribution in [0.3, 0.4) is 0 Å². The molecular weight excluding hydrogens is 414 g/mol. The van der Waals surface area contributed by atoms with Crippen LogP contribution in [-0.4, -0.2) is 45.2 Å². The maximum Gasteiger partial charge on any atom is 0.268 e. The molecule has 0 unspecified atom stereocenters. The quantitative estimate of drug-likeness (QED) is 0.469. The number of phenols is 2. The van der Waals surface area contributed by atoms with E-state index in [4.69, 9.17) is 11.6 Å². The maximum absolute atomic E-state index is 12.7. The lowest BCUT2D eigenvalue weighted by Crippen LogP contribution is -2.25. The summed E-state index contributed by atoms with van der Waals surface area (Å²) in [6, 6.07) is 14.2. The van der Waals surface area contributed by atoms with E-state index in [9.17, 15) is 15.0 Å². The van der Waals surface area contributed by atoms with Crippen molar-refractivity contribution in [1.29, 1.82) is 0 Å². The molecule has 0 bridgehead atoms. The molecule has 1 amide bonds. The number of carbonyl (C=O) groups is 1. The molecule has 0 radical (unpaired) electrons. The van der Waals surface area contributed by atoms with Crippen molar-refractivity contribution in [2.75, 3.05) is 19.6 Å². The third-order valence-electron chi connectivity index (χ3n) is 5.29. The van der Waals surface area contributed by atoms with Crippen molar-refractivity contribution in [3.8, 4) is 28.4 Å². The molecule has 1 heterocycles. The van der Waals surface area contributed by atoms with Gasteiger partial charge in [0.1, 0.15) is 17.2 Å². The van der Waals surface area contributed by atoms with Crippen molar-refractivity contribution >= 4 is 17.5 Å². The molecule has 1 aromatic heterocycles. The fraction of sp³-hybridized carbons (Fsp3) is 0.292. The molecule has 2 aromatic carbocycles. The third-order valence-corrected chi connectivity index (χ3v) is 5.59. The topological polar surface area (TPSA) is 77.7 Å². The summed E-state index contributed by atoms with van der Waals surface area (Å²) in [5.74, 6) is -0.544. The molecule has 0 aliphatic rings. The second-order valence-corrected chi connectivity index (χ2v) is 7.65. The molecule has 6 nitrogen and oxygen atoms in total. The molecule has 3 N–H and O–H groups in total. The van der Waals surface area contributed by atoms with Gasteiger partial charge < -0.3 is 20.1 Å². The normalized spacial score (nSPS) is 11.1. The van der Waals surface area contributed by atoms with E-state index in [0.717, 1.165) is 25.3 Å². The number of benzene rings is 2. The van der Waals surface area contributed by atoms with E-state index in [1.54, 1.807) is 16.7 Å². The summed E-state index contributed by atoms with van der Waals surface area (Å²) in [7, 11) is 0. The number of hydrogen-bond acceptors (Lipinski definition) is 4. The van der Waals surface area contributed by atoms with Crippen LogP contribution in [0.25, 0.3) is 16.9 Å². The number of aromatic hydroxyl groups is 2. The van der Waals surface area contributed by atoms with E-state index >= 15 is 0 Å². The predicted molar refractivity (Wildman–Crippen MR) is 124 cm³/mol. The van der Waals surface area contributed by atoms with Crippen molar-refractivity contribution in [1.82, 2.24) is 14.8 Å². The number of halogens is 1. The Kier molecular flexibility index (Phi) is 7.25. The fourth-order valence-electron chi connectivity index (χ4n) is 3.57. The Labute approximate surface area is 187 Å². The van der Waals surface area contributed by atoms with Crippen LogP contribution in [0.5, 0.6) is 11.5 Å². The van der Waals surface area contributed by atoms with E-state index in [0.29, 0.717) is 23.5 Å². The highest BCUT2D eigenvalue weighted by Crippen LogP contribution is 2.39. The summed E-state index contributed by atoms with van der Waals surface area (Å²) < 4.78 is 1.79. The Morgan fingerprint density at radius 2 is 1.68 bits per heavy atom. The smallest absolute Gasteiger partial charge is 0.268 e. The minimum atomic E-state index is -0.217. The number of carbonyl (C=O) groups excluding carboxylic acids is 1. The Hall–Kier alpha value is -2.96. The third kappa shape index (κ3) is 4.86. The highest BCUT2D eigenvalue weighted by molar-refractivity contribution is 6.32. The van der Waals surface area contributed by atoms with Crippen LogP contribution in [-0.2, 0) is 6.54 Å². The molecule has 3 aromatic rings. The van der Waals surface area contributed by atoms with Gasteiger partial charge in [0.15, 0.2) is 0 Å². The molecule has 0 aliphatic carbocycles. The zero-order valence-electron chi connectivity index (χ0n) is 18.0. The largest absolute Gasteiger partial charge is 0.507 e. The van der Waals surface area contributed by atoms with Crippen molar-refractivity contribution in [3.63, 3.8) is 0 Å². The SMILES string of the molecule is CCNC(=O)c1ccc(-c2cc(Cl)c(O)cc2O)n1-c1ccc(CN(CC)CC)cc1. The minimum absolute atomic E-state index is 0.120. The monoisotopic (exact) mass is 441 g/mol. The van der Waals surface area contributed by atoms with E-state index in [1.807, 2.05) is 31.2 Å². The highest BCUT2D eigenvalue weighted by atomic mass is 35.5.